The van der Waals surface area contributed by atoms with Crippen molar-refractivity contribution in [3.05, 3.63) is 24.4 Å². The Morgan fingerprint density at radius 3 is 2.61 bits per heavy atom. The lowest BCUT2D eigenvalue weighted by atomic mass is 10.5. The molecule has 2 N–H and O–H groups in total. The van der Waals surface area contributed by atoms with Gasteiger partial charge in [-0.25, -0.2) is 13.4 Å². The highest BCUT2D eigenvalue weighted by atomic mass is 33.1. The molecule has 1 heterocycles. The van der Waals surface area contributed by atoms with E-state index < -0.39 is 47.7 Å². The second kappa shape index (κ2) is 9.68. The van der Waals surface area contributed by atoms with E-state index in [1.807, 2.05) is 12.1 Å². The van der Waals surface area contributed by atoms with E-state index in [-0.39, 0.29) is 5.75 Å². The Morgan fingerprint density at radius 2 is 2.00 bits per heavy atom. The van der Waals surface area contributed by atoms with Crippen LogP contribution in [0.4, 0.5) is 0 Å². The second-order valence-corrected chi connectivity index (χ2v) is 12.0. The number of nitrogens with zero attached hydrogens (tertiary/aromatic N) is 1. The zero-order valence-electron chi connectivity index (χ0n) is 12.2. The number of hydrogen-bond acceptors (Lipinski definition) is 7. The molecule has 1 unspecified atom stereocenters. The summed E-state index contributed by atoms with van der Waals surface area (Å²) < 4.78 is 35.4. The van der Waals surface area contributed by atoms with Crippen LogP contribution in [0, 0.1) is 0 Å². The van der Waals surface area contributed by atoms with Gasteiger partial charge in [0.15, 0.2) is 9.84 Å². The zero-order chi connectivity index (χ0) is 17.3. The maximum atomic E-state index is 11.8. The molecular weight excluding hydrogens is 381 g/mol. The van der Waals surface area contributed by atoms with Crippen LogP contribution in [0.3, 0.4) is 0 Å². The monoisotopic (exact) mass is 399 g/mol. The number of pyridine rings is 1. The molecule has 1 atom stereocenters. The lowest BCUT2D eigenvalue weighted by Gasteiger charge is -2.10. The van der Waals surface area contributed by atoms with Gasteiger partial charge < -0.3 is 10.00 Å². The van der Waals surface area contributed by atoms with E-state index in [9.17, 15) is 22.7 Å². The van der Waals surface area contributed by atoms with Crippen LogP contribution >= 0.6 is 29.0 Å². The third kappa shape index (κ3) is 10.0. The molecular formula is C12H18NO6PS3. The molecule has 0 bridgehead atoms. The van der Waals surface area contributed by atoms with E-state index in [1.165, 1.54) is 21.6 Å². The van der Waals surface area contributed by atoms with Gasteiger partial charge in [0.2, 0.25) is 7.37 Å². The van der Waals surface area contributed by atoms with E-state index >= 15 is 0 Å². The molecule has 1 rings (SSSR count). The summed E-state index contributed by atoms with van der Waals surface area (Å²) in [7, 11) is -4.44. The molecule has 0 radical (unpaired) electrons. The summed E-state index contributed by atoms with van der Waals surface area (Å²) in [5.74, 6) is -1.34. The van der Waals surface area contributed by atoms with Gasteiger partial charge in [-0.1, -0.05) is 16.9 Å². The zero-order valence-corrected chi connectivity index (χ0v) is 15.5. The summed E-state index contributed by atoms with van der Waals surface area (Å²) in [6.07, 6.45) is 0.405. The number of carboxylic acids is 1. The molecule has 1 aromatic heterocycles. The van der Waals surface area contributed by atoms with Crippen LogP contribution in [0.5, 0.6) is 0 Å². The van der Waals surface area contributed by atoms with Crippen LogP contribution in [-0.2, 0) is 19.2 Å². The van der Waals surface area contributed by atoms with Crippen molar-refractivity contribution < 1.29 is 27.8 Å². The van der Waals surface area contributed by atoms with Crippen molar-refractivity contribution in [2.45, 2.75) is 11.4 Å². The number of aliphatic carboxylic acids is 1. The molecule has 0 saturated carbocycles. The molecule has 23 heavy (non-hydrogen) atoms. The van der Waals surface area contributed by atoms with Crippen molar-refractivity contribution in [1.29, 1.82) is 0 Å². The van der Waals surface area contributed by atoms with E-state index in [0.717, 1.165) is 5.03 Å². The van der Waals surface area contributed by atoms with Gasteiger partial charge >= 0.3 is 5.97 Å². The summed E-state index contributed by atoms with van der Waals surface area (Å²) in [6.45, 7) is 0. The molecule has 130 valence electrons. The Kier molecular flexibility index (Phi) is 8.63. The summed E-state index contributed by atoms with van der Waals surface area (Å²) in [5, 5.41) is 9.26. The van der Waals surface area contributed by atoms with Crippen molar-refractivity contribution >= 4 is 44.8 Å². The highest BCUT2D eigenvalue weighted by molar-refractivity contribution is 8.76. The lowest BCUT2D eigenvalue weighted by molar-refractivity contribution is -0.136. The molecule has 0 fully saturated rings. The fourth-order valence-electron chi connectivity index (χ4n) is 1.43. The normalized spacial score (nSPS) is 14.3. The molecule has 0 amide bonds. The first-order valence-corrected chi connectivity index (χ1v) is 12.8. The third-order valence-corrected chi connectivity index (χ3v) is 9.01. The number of hydrogen-bond donors (Lipinski definition) is 2. The van der Waals surface area contributed by atoms with Crippen LogP contribution < -0.4 is 0 Å². The first-order valence-electron chi connectivity index (χ1n) is 6.64. The quantitative estimate of drug-likeness (QED) is 0.327. The van der Waals surface area contributed by atoms with E-state index in [1.54, 1.807) is 12.3 Å². The van der Waals surface area contributed by atoms with Crippen molar-refractivity contribution in [3.8, 4) is 0 Å². The molecule has 0 aliphatic heterocycles. The van der Waals surface area contributed by atoms with Crippen LogP contribution in [0.15, 0.2) is 29.4 Å². The molecule has 0 aromatic carbocycles. The minimum atomic E-state index is -3.71. The number of sulfone groups is 1. The first-order chi connectivity index (χ1) is 10.7. The fraction of sp³-hybridized carbons (Fsp3) is 0.500. The van der Waals surface area contributed by atoms with Crippen LogP contribution in [0.1, 0.15) is 6.42 Å². The highest BCUT2D eigenvalue weighted by Crippen LogP contribution is 2.41. The second-order valence-electron chi connectivity index (χ2n) is 4.66. The maximum absolute atomic E-state index is 11.8. The molecule has 0 aliphatic rings. The lowest BCUT2D eigenvalue weighted by Crippen LogP contribution is -2.16. The molecule has 0 spiro atoms. The minimum Gasteiger partial charge on any atom is -0.481 e. The predicted octanol–water partition coefficient (Wildman–Crippen LogP) is 1.98. The van der Waals surface area contributed by atoms with Gasteiger partial charge in [0, 0.05) is 24.3 Å². The van der Waals surface area contributed by atoms with Crippen LogP contribution in [0.2, 0.25) is 0 Å². The largest absolute Gasteiger partial charge is 0.481 e. The first kappa shape index (κ1) is 20.5. The minimum absolute atomic E-state index is 0.101. The Morgan fingerprint density at radius 1 is 1.26 bits per heavy atom. The summed E-state index contributed by atoms with van der Waals surface area (Å²) in [4.78, 5) is 24.0. The summed E-state index contributed by atoms with van der Waals surface area (Å²) in [5.41, 5.74) is 0. The summed E-state index contributed by atoms with van der Waals surface area (Å²) >= 11 is 0. The summed E-state index contributed by atoms with van der Waals surface area (Å²) in [6, 6.07) is 5.44. The SMILES string of the molecule is O=C(O)CCP(=O)(O)CCS(=O)(=O)CCSSc1ccccn1. The fourth-order valence-corrected chi connectivity index (χ4v) is 7.90. The van der Waals surface area contributed by atoms with Crippen molar-refractivity contribution in [3.63, 3.8) is 0 Å². The van der Waals surface area contributed by atoms with E-state index in [4.69, 9.17) is 5.11 Å². The predicted molar refractivity (Wildman–Crippen MR) is 93.0 cm³/mol. The van der Waals surface area contributed by atoms with Crippen LogP contribution in [-0.4, -0.2) is 59.0 Å². The van der Waals surface area contributed by atoms with Crippen LogP contribution in [0.25, 0.3) is 0 Å². The van der Waals surface area contributed by atoms with E-state index in [0.29, 0.717) is 5.75 Å². The van der Waals surface area contributed by atoms with Gasteiger partial charge in [-0.05, 0) is 22.9 Å². The average Bonchev–Trinajstić information content (AvgIpc) is 2.49. The van der Waals surface area contributed by atoms with E-state index in [2.05, 4.69) is 4.98 Å². The molecule has 0 aliphatic carbocycles. The third-order valence-electron chi connectivity index (χ3n) is 2.69. The van der Waals surface area contributed by atoms with Gasteiger partial charge in [-0.2, -0.15) is 0 Å². The Bertz CT molecular complexity index is 652. The van der Waals surface area contributed by atoms with Gasteiger partial charge in [0.25, 0.3) is 0 Å². The van der Waals surface area contributed by atoms with Crippen molar-refractivity contribution in [1.82, 2.24) is 4.98 Å². The van der Waals surface area contributed by atoms with Gasteiger partial charge in [0.05, 0.1) is 17.9 Å². The highest BCUT2D eigenvalue weighted by Gasteiger charge is 2.23. The Balaban J connectivity index is 2.30. The molecule has 7 nitrogen and oxygen atoms in total. The van der Waals surface area contributed by atoms with Gasteiger partial charge in [-0.3, -0.25) is 9.36 Å². The van der Waals surface area contributed by atoms with Gasteiger partial charge in [-0.15, -0.1) is 0 Å². The van der Waals surface area contributed by atoms with Crippen molar-refractivity contribution in [2.24, 2.45) is 0 Å². The van der Waals surface area contributed by atoms with Crippen molar-refractivity contribution in [2.75, 3.05) is 29.6 Å². The Labute approximate surface area is 143 Å². The molecule has 0 saturated heterocycles. The molecule has 11 heteroatoms. The topological polar surface area (TPSA) is 122 Å². The Hall–Kier alpha value is -0.540. The standard InChI is InChI=1S/C12H18NO6PS3/c14-12(15)4-6-20(16,17)7-9-23(18,19)10-8-21-22-11-3-1-2-5-13-11/h1-3,5H,4,6-10H2,(H,14,15)(H,16,17). The number of carboxylic acid groups (broad SMARTS) is 1. The number of aromatic nitrogens is 1. The van der Waals surface area contributed by atoms with Gasteiger partial charge in [0.1, 0.15) is 5.03 Å². The molecule has 1 aromatic rings. The number of rotatable bonds is 11. The average molecular weight is 399 g/mol. The number of carbonyl (C=O) groups is 1. The smallest absolute Gasteiger partial charge is 0.303 e. The maximum Gasteiger partial charge on any atom is 0.303 e.